The number of rotatable bonds is 3. The highest BCUT2D eigenvalue weighted by molar-refractivity contribution is 6.33. The van der Waals surface area contributed by atoms with E-state index in [0.717, 1.165) is 22.3 Å². The van der Waals surface area contributed by atoms with Crippen LogP contribution in [0.5, 0.6) is 0 Å². The molecule has 3 aliphatic carbocycles. The third kappa shape index (κ3) is 2.51. The first-order chi connectivity index (χ1) is 16.0. The average molecular weight is 458 g/mol. The van der Waals surface area contributed by atoms with Crippen LogP contribution in [-0.2, 0) is 19.2 Å². The Morgan fingerprint density at radius 1 is 0.939 bits per heavy atom. The number of carbonyl (C=O) groups is 3. The van der Waals surface area contributed by atoms with Crippen LogP contribution >= 0.6 is 11.6 Å². The van der Waals surface area contributed by atoms with Crippen LogP contribution in [0.1, 0.15) is 45.5 Å². The van der Waals surface area contributed by atoms with Gasteiger partial charge < -0.3 is 4.74 Å². The van der Waals surface area contributed by atoms with Gasteiger partial charge in [0.15, 0.2) is 0 Å². The number of esters is 1. The number of ether oxygens (including phenoxy) is 1. The topological polar surface area (TPSA) is 63.7 Å². The van der Waals surface area contributed by atoms with Crippen molar-refractivity contribution in [3.63, 3.8) is 0 Å². The Hall–Kier alpha value is -3.44. The lowest BCUT2D eigenvalue weighted by atomic mass is 9.54. The zero-order valence-electron chi connectivity index (χ0n) is 17.8. The van der Waals surface area contributed by atoms with Crippen molar-refractivity contribution >= 4 is 35.1 Å². The highest BCUT2D eigenvalue weighted by atomic mass is 35.5. The van der Waals surface area contributed by atoms with Crippen LogP contribution in [0.25, 0.3) is 0 Å². The Bertz CT molecular complexity index is 1300. The van der Waals surface area contributed by atoms with Gasteiger partial charge in [0, 0.05) is 5.92 Å². The van der Waals surface area contributed by atoms with Crippen molar-refractivity contribution in [3.8, 4) is 0 Å². The van der Waals surface area contributed by atoms with E-state index < -0.39 is 22.7 Å². The zero-order chi connectivity index (χ0) is 22.9. The number of anilines is 1. The molecule has 4 aliphatic rings. The smallest absolute Gasteiger partial charge is 0.338 e. The molecular formula is C27H20ClNO4. The number of carbonyl (C=O) groups excluding carboxylic acids is 3. The van der Waals surface area contributed by atoms with Gasteiger partial charge in [0.1, 0.15) is 4.87 Å². The Labute approximate surface area is 195 Å². The molecule has 2 bridgehead atoms. The van der Waals surface area contributed by atoms with Gasteiger partial charge in [0.05, 0.1) is 29.7 Å². The van der Waals surface area contributed by atoms with Crippen LogP contribution in [0.4, 0.5) is 5.69 Å². The summed E-state index contributed by atoms with van der Waals surface area (Å²) >= 11 is 7.42. The predicted molar refractivity (Wildman–Crippen MR) is 123 cm³/mol. The van der Waals surface area contributed by atoms with Crippen molar-refractivity contribution in [3.05, 3.63) is 101 Å². The van der Waals surface area contributed by atoms with Crippen molar-refractivity contribution < 1.29 is 19.1 Å². The molecule has 0 saturated carbocycles. The summed E-state index contributed by atoms with van der Waals surface area (Å²) in [5.74, 6) is -2.71. The van der Waals surface area contributed by atoms with E-state index in [0.29, 0.717) is 11.3 Å². The molecule has 0 spiro atoms. The number of hydrogen-bond donors (Lipinski definition) is 0. The Balaban J connectivity index is 1.52. The second-order valence-electron chi connectivity index (χ2n) is 8.65. The molecule has 3 aromatic rings. The van der Waals surface area contributed by atoms with E-state index in [2.05, 4.69) is 0 Å². The number of nitrogens with zero attached hydrogens (tertiary/aromatic N) is 1. The number of amides is 2. The number of alkyl halides is 1. The molecular weight excluding hydrogens is 438 g/mol. The molecule has 6 heteroatoms. The van der Waals surface area contributed by atoms with E-state index in [1.165, 1.54) is 11.0 Å². The third-order valence-corrected chi connectivity index (χ3v) is 7.77. The predicted octanol–water partition coefficient (Wildman–Crippen LogP) is 4.61. The summed E-state index contributed by atoms with van der Waals surface area (Å²) in [5, 5.41) is 0. The SMILES string of the molecule is CCOC(=O)c1cccc(N2C(=O)[C@@H]3C4c5ccccc5C(Cl)(c5ccccc54)[C@@H]3C2=O)c1. The molecule has 2 amide bonds. The summed E-state index contributed by atoms with van der Waals surface area (Å²) in [7, 11) is 0. The average Bonchev–Trinajstić information content (AvgIpc) is 3.11. The molecule has 0 N–H and O–H groups in total. The van der Waals surface area contributed by atoms with E-state index in [-0.39, 0.29) is 24.3 Å². The number of imide groups is 1. The lowest BCUT2D eigenvalue weighted by Crippen LogP contribution is -2.50. The molecule has 1 saturated heterocycles. The van der Waals surface area contributed by atoms with Crippen LogP contribution < -0.4 is 4.90 Å². The molecule has 3 aromatic carbocycles. The van der Waals surface area contributed by atoms with E-state index in [1.807, 2.05) is 48.5 Å². The van der Waals surface area contributed by atoms with Crippen molar-refractivity contribution in [2.75, 3.05) is 11.5 Å². The van der Waals surface area contributed by atoms with Crippen molar-refractivity contribution in [2.24, 2.45) is 11.8 Å². The minimum atomic E-state index is -1.13. The molecule has 0 unspecified atom stereocenters. The van der Waals surface area contributed by atoms with E-state index in [4.69, 9.17) is 16.3 Å². The second kappa shape index (κ2) is 7.03. The zero-order valence-corrected chi connectivity index (χ0v) is 18.6. The van der Waals surface area contributed by atoms with Gasteiger partial charge in [-0.1, -0.05) is 54.6 Å². The largest absolute Gasteiger partial charge is 0.462 e. The standard InChI is InChI=1S/C27H20ClNO4/c1-2-33-26(32)15-8-7-9-16(14-15)29-24(30)22-21-17-10-3-5-12-19(17)27(28,23(22)25(29)31)20-13-6-4-11-18(20)21/h3-14,21-23H,2H2,1H3/t21?,22-,23+,27?/m1/s1. The summed E-state index contributed by atoms with van der Waals surface area (Å²) in [6, 6.07) is 22.1. The molecule has 33 heavy (non-hydrogen) atoms. The Kier molecular flexibility index (Phi) is 4.30. The lowest BCUT2D eigenvalue weighted by Gasteiger charge is -2.50. The maximum Gasteiger partial charge on any atom is 0.338 e. The third-order valence-electron chi connectivity index (χ3n) is 7.13. The molecule has 164 valence electrons. The minimum absolute atomic E-state index is 0.238. The van der Waals surface area contributed by atoms with Crippen LogP contribution in [-0.4, -0.2) is 24.4 Å². The Morgan fingerprint density at radius 2 is 1.58 bits per heavy atom. The van der Waals surface area contributed by atoms with Crippen molar-refractivity contribution in [1.82, 2.24) is 0 Å². The summed E-state index contributed by atoms with van der Waals surface area (Å²) in [6.07, 6.45) is 0. The molecule has 0 aromatic heterocycles. The van der Waals surface area contributed by atoms with Crippen molar-refractivity contribution in [1.29, 1.82) is 0 Å². The number of halogens is 1. The van der Waals surface area contributed by atoms with Gasteiger partial charge >= 0.3 is 5.97 Å². The Morgan fingerprint density at radius 3 is 2.21 bits per heavy atom. The van der Waals surface area contributed by atoms with E-state index in [1.54, 1.807) is 25.1 Å². The highest BCUT2D eigenvalue weighted by Crippen LogP contribution is 2.65. The lowest BCUT2D eigenvalue weighted by molar-refractivity contribution is -0.122. The summed E-state index contributed by atoms with van der Waals surface area (Å²) in [5.41, 5.74) is 4.42. The maximum absolute atomic E-state index is 13.9. The summed E-state index contributed by atoms with van der Waals surface area (Å²) in [4.78, 5) is 40.0. The van der Waals surface area contributed by atoms with Crippen LogP contribution in [0.2, 0.25) is 0 Å². The quantitative estimate of drug-likeness (QED) is 0.327. The van der Waals surface area contributed by atoms with Crippen LogP contribution in [0.3, 0.4) is 0 Å². The first-order valence-corrected chi connectivity index (χ1v) is 11.4. The highest BCUT2D eigenvalue weighted by Gasteiger charge is 2.68. The number of hydrogen-bond acceptors (Lipinski definition) is 4. The van der Waals surface area contributed by atoms with Crippen LogP contribution in [0.15, 0.2) is 72.8 Å². The van der Waals surface area contributed by atoms with Gasteiger partial charge in [-0.25, -0.2) is 9.69 Å². The fourth-order valence-electron chi connectivity index (χ4n) is 5.92. The fourth-order valence-corrected chi connectivity index (χ4v) is 6.49. The fraction of sp³-hybridized carbons (Fsp3) is 0.222. The normalized spacial score (nSPS) is 26.6. The van der Waals surface area contributed by atoms with Gasteiger partial charge in [0.25, 0.3) is 0 Å². The van der Waals surface area contributed by atoms with Gasteiger partial charge in [0.2, 0.25) is 11.8 Å². The summed E-state index contributed by atoms with van der Waals surface area (Å²) < 4.78 is 5.09. The van der Waals surface area contributed by atoms with Gasteiger partial charge in [-0.15, -0.1) is 11.6 Å². The molecule has 7 rings (SSSR count). The summed E-state index contributed by atoms with van der Waals surface area (Å²) in [6.45, 7) is 1.97. The molecule has 5 nitrogen and oxygen atoms in total. The van der Waals surface area contributed by atoms with Gasteiger partial charge in [-0.05, 0) is 47.4 Å². The maximum atomic E-state index is 13.9. The molecule has 1 aliphatic heterocycles. The monoisotopic (exact) mass is 457 g/mol. The van der Waals surface area contributed by atoms with Crippen LogP contribution in [0, 0.1) is 11.8 Å². The first-order valence-electron chi connectivity index (χ1n) is 11.0. The molecule has 1 heterocycles. The molecule has 2 atom stereocenters. The minimum Gasteiger partial charge on any atom is -0.462 e. The van der Waals surface area contributed by atoms with Gasteiger partial charge in [-0.3, -0.25) is 9.59 Å². The molecule has 0 radical (unpaired) electrons. The molecule has 1 fully saturated rings. The van der Waals surface area contributed by atoms with Crippen molar-refractivity contribution in [2.45, 2.75) is 17.7 Å². The van der Waals surface area contributed by atoms with Gasteiger partial charge in [-0.2, -0.15) is 0 Å². The second-order valence-corrected chi connectivity index (χ2v) is 9.25. The number of benzene rings is 3. The first kappa shape index (κ1) is 20.2. The van der Waals surface area contributed by atoms with E-state index >= 15 is 0 Å². The van der Waals surface area contributed by atoms with E-state index in [9.17, 15) is 14.4 Å².